The van der Waals surface area contributed by atoms with Crippen LogP contribution in [0.3, 0.4) is 0 Å². The molecule has 0 radical (unpaired) electrons. The van der Waals surface area contributed by atoms with Crippen LogP contribution < -0.4 is 14.8 Å². The number of methoxy groups -OCH3 is 1. The molecule has 0 atom stereocenters. The molecule has 0 fully saturated rings. The molecule has 0 aliphatic rings. The van der Waals surface area contributed by atoms with E-state index in [4.69, 9.17) is 14.7 Å². The fourth-order valence-electron chi connectivity index (χ4n) is 4.38. The van der Waals surface area contributed by atoms with Gasteiger partial charge in [0.1, 0.15) is 0 Å². The number of nitriles is 1. The minimum Gasteiger partial charge on any atom is -0.493 e. The number of rotatable bonds is 12. The number of amides is 1. The van der Waals surface area contributed by atoms with Gasteiger partial charge in [-0.25, -0.2) is 0 Å². The van der Waals surface area contributed by atoms with Crippen LogP contribution in [0.1, 0.15) is 50.0 Å². The average Bonchev–Trinajstić information content (AvgIpc) is 2.88. The molecule has 0 spiro atoms. The Morgan fingerprint density at radius 3 is 2.32 bits per heavy atom. The van der Waals surface area contributed by atoms with Gasteiger partial charge in [-0.1, -0.05) is 36.4 Å². The topological polar surface area (TPSA) is 74.6 Å². The Morgan fingerprint density at radius 1 is 0.946 bits per heavy atom. The Hall–Kier alpha value is -3.82. The van der Waals surface area contributed by atoms with Crippen molar-refractivity contribution in [2.24, 2.45) is 0 Å². The third-order valence-electron chi connectivity index (χ3n) is 6.26. The van der Waals surface area contributed by atoms with E-state index in [0.29, 0.717) is 47.9 Å². The van der Waals surface area contributed by atoms with E-state index in [0.717, 1.165) is 29.7 Å². The average molecular weight is 500 g/mol. The Bertz CT molecular complexity index is 1210. The first kappa shape index (κ1) is 27.8. The molecule has 3 aromatic carbocycles. The first-order chi connectivity index (χ1) is 17.8. The molecule has 37 heavy (non-hydrogen) atoms. The van der Waals surface area contributed by atoms with Gasteiger partial charge in [0.25, 0.3) is 5.91 Å². The van der Waals surface area contributed by atoms with Gasteiger partial charge in [-0.05, 0) is 75.1 Å². The summed E-state index contributed by atoms with van der Waals surface area (Å²) < 4.78 is 11.5. The van der Waals surface area contributed by atoms with Crippen LogP contribution in [0.25, 0.3) is 11.1 Å². The maximum Gasteiger partial charge on any atom is 0.255 e. The molecule has 3 rings (SSSR count). The molecule has 0 saturated heterocycles. The van der Waals surface area contributed by atoms with Crippen molar-refractivity contribution in [3.8, 4) is 28.7 Å². The van der Waals surface area contributed by atoms with Gasteiger partial charge < -0.3 is 14.8 Å². The van der Waals surface area contributed by atoms with Crippen molar-refractivity contribution < 1.29 is 14.3 Å². The van der Waals surface area contributed by atoms with E-state index >= 15 is 0 Å². The highest BCUT2D eigenvalue weighted by molar-refractivity contribution is 6.04. The van der Waals surface area contributed by atoms with Gasteiger partial charge in [-0.2, -0.15) is 5.26 Å². The minimum atomic E-state index is -0.203. The molecule has 0 heterocycles. The van der Waals surface area contributed by atoms with E-state index in [-0.39, 0.29) is 5.91 Å². The Morgan fingerprint density at radius 2 is 1.68 bits per heavy atom. The number of ether oxygens (including phenoxy) is 2. The standard InChI is InChI=1S/C31H37N3O3/c1-22(2)34(23(3)4)18-7-19-37-30-21-28(14-15-29(30)36-5)33-31(35)26-12-10-25(11-13-26)27-9-6-8-24(20-27)16-17-32/h6,8-15,20-23H,7,16,18-19H2,1-5H3,(H,33,35). The van der Waals surface area contributed by atoms with Crippen molar-refractivity contribution in [1.29, 1.82) is 5.26 Å². The van der Waals surface area contributed by atoms with Crippen LogP contribution in [-0.4, -0.2) is 43.2 Å². The van der Waals surface area contributed by atoms with E-state index in [1.165, 1.54) is 0 Å². The molecule has 0 aliphatic carbocycles. The van der Waals surface area contributed by atoms with Gasteiger partial charge in [-0.15, -0.1) is 0 Å². The molecular weight excluding hydrogens is 462 g/mol. The normalized spacial score (nSPS) is 11.0. The molecule has 0 unspecified atom stereocenters. The summed E-state index contributed by atoms with van der Waals surface area (Å²) in [5, 5.41) is 11.9. The van der Waals surface area contributed by atoms with Crippen molar-refractivity contribution in [3.63, 3.8) is 0 Å². The first-order valence-electron chi connectivity index (χ1n) is 12.8. The molecule has 6 nitrogen and oxygen atoms in total. The van der Waals surface area contributed by atoms with Crippen molar-refractivity contribution >= 4 is 11.6 Å². The van der Waals surface area contributed by atoms with Crippen molar-refractivity contribution in [3.05, 3.63) is 77.9 Å². The largest absolute Gasteiger partial charge is 0.493 e. The predicted molar refractivity (Wildman–Crippen MR) is 149 cm³/mol. The van der Waals surface area contributed by atoms with E-state index in [1.807, 2.05) is 36.4 Å². The molecule has 0 aliphatic heterocycles. The van der Waals surface area contributed by atoms with Crippen LogP contribution >= 0.6 is 0 Å². The van der Waals surface area contributed by atoms with Crippen LogP contribution in [0.5, 0.6) is 11.5 Å². The first-order valence-corrected chi connectivity index (χ1v) is 12.8. The maximum atomic E-state index is 12.9. The molecule has 194 valence electrons. The zero-order chi connectivity index (χ0) is 26.8. The van der Waals surface area contributed by atoms with Crippen LogP contribution in [0.2, 0.25) is 0 Å². The second-order valence-electron chi connectivity index (χ2n) is 9.56. The van der Waals surface area contributed by atoms with Gasteiger partial charge in [0.05, 0.1) is 26.2 Å². The maximum absolute atomic E-state index is 12.9. The Kier molecular flexibility index (Phi) is 10.1. The van der Waals surface area contributed by atoms with E-state index in [1.54, 1.807) is 37.4 Å². The number of anilines is 1. The van der Waals surface area contributed by atoms with Gasteiger partial charge >= 0.3 is 0 Å². The number of benzene rings is 3. The van der Waals surface area contributed by atoms with Crippen molar-refractivity contribution in [2.45, 2.75) is 52.6 Å². The lowest BCUT2D eigenvalue weighted by molar-refractivity contribution is 0.102. The third kappa shape index (κ3) is 7.83. The number of nitrogens with one attached hydrogen (secondary N) is 1. The zero-order valence-corrected chi connectivity index (χ0v) is 22.5. The van der Waals surface area contributed by atoms with E-state index in [9.17, 15) is 4.79 Å². The summed E-state index contributed by atoms with van der Waals surface area (Å²) in [6.45, 7) is 10.3. The highest BCUT2D eigenvalue weighted by Gasteiger charge is 2.14. The second kappa shape index (κ2) is 13.5. The summed E-state index contributed by atoms with van der Waals surface area (Å²) in [5.41, 5.74) is 4.17. The minimum absolute atomic E-state index is 0.203. The summed E-state index contributed by atoms with van der Waals surface area (Å²) in [6.07, 6.45) is 1.26. The highest BCUT2D eigenvalue weighted by atomic mass is 16.5. The Labute approximate surface area is 220 Å². The van der Waals surface area contributed by atoms with E-state index in [2.05, 4.69) is 44.0 Å². The second-order valence-corrected chi connectivity index (χ2v) is 9.56. The van der Waals surface area contributed by atoms with Crippen LogP contribution in [0, 0.1) is 11.3 Å². The fraction of sp³-hybridized carbons (Fsp3) is 0.355. The number of carbonyl (C=O) groups excluding carboxylic acids is 1. The van der Waals surface area contributed by atoms with Crippen molar-refractivity contribution in [1.82, 2.24) is 4.90 Å². The van der Waals surface area contributed by atoms with Gasteiger partial charge in [0.2, 0.25) is 0 Å². The Balaban J connectivity index is 1.63. The van der Waals surface area contributed by atoms with Crippen LogP contribution in [0.4, 0.5) is 5.69 Å². The fourth-order valence-corrected chi connectivity index (χ4v) is 4.38. The number of hydrogen-bond acceptors (Lipinski definition) is 5. The molecule has 1 amide bonds. The monoisotopic (exact) mass is 499 g/mol. The summed E-state index contributed by atoms with van der Waals surface area (Å²) in [7, 11) is 1.61. The van der Waals surface area contributed by atoms with Crippen molar-refractivity contribution in [2.75, 3.05) is 25.6 Å². The quantitative estimate of drug-likeness (QED) is 0.285. The summed E-state index contributed by atoms with van der Waals surface area (Å²) >= 11 is 0. The number of hydrogen-bond donors (Lipinski definition) is 1. The molecule has 1 N–H and O–H groups in total. The van der Waals surface area contributed by atoms with Gasteiger partial charge in [0, 0.05) is 35.9 Å². The zero-order valence-electron chi connectivity index (χ0n) is 22.5. The van der Waals surface area contributed by atoms with Crippen LogP contribution in [0.15, 0.2) is 66.7 Å². The predicted octanol–water partition coefficient (Wildman–Crippen LogP) is 6.57. The lowest BCUT2D eigenvalue weighted by Crippen LogP contribution is -2.38. The molecule has 0 bridgehead atoms. The van der Waals surface area contributed by atoms with Gasteiger partial charge in [0.15, 0.2) is 11.5 Å². The molecule has 0 saturated carbocycles. The lowest BCUT2D eigenvalue weighted by Gasteiger charge is -2.30. The summed E-state index contributed by atoms with van der Waals surface area (Å²) in [6, 6.07) is 23.9. The third-order valence-corrected chi connectivity index (χ3v) is 6.26. The smallest absolute Gasteiger partial charge is 0.255 e. The van der Waals surface area contributed by atoms with Crippen LogP contribution in [-0.2, 0) is 6.42 Å². The number of carbonyl (C=O) groups is 1. The van der Waals surface area contributed by atoms with E-state index < -0.39 is 0 Å². The lowest BCUT2D eigenvalue weighted by atomic mass is 10.0. The highest BCUT2D eigenvalue weighted by Crippen LogP contribution is 2.31. The molecule has 6 heteroatoms. The SMILES string of the molecule is COc1ccc(NC(=O)c2ccc(-c3cccc(CC#N)c3)cc2)cc1OCCCN(C(C)C)C(C)C. The summed E-state index contributed by atoms with van der Waals surface area (Å²) in [4.78, 5) is 15.3. The molecular formula is C31H37N3O3. The molecule has 0 aromatic heterocycles. The summed E-state index contributed by atoms with van der Waals surface area (Å²) in [5.74, 6) is 1.03. The number of nitrogens with zero attached hydrogens (tertiary/aromatic N) is 2. The van der Waals surface area contributed by atoms with Gasteiger partial charge in [-0.3, -0.25) is 9.69 Å². The molecule has 3 aromatic rings.